The lowest BCUT2D eigenvalue weighted by Crippen LogP contribution is -2.45. The highest BCUT2D eigenvalue weighted by Crippen LogP contribution is 2.36. The van der Waals surface area contributed by atoms with E-state index in [2.05, 4.69) is 34.1 Å². The van der Waals surface area contributed by atoms with Crippen LogP contribution < -0.4 is 4.90 Å². The molecule has 4 rings (SSSR count). The predicted molar refractivity (Wildman–Crippen MR) is 109 cm³/mol. The van der Waals surface area contributed by atoms with Crippen molar-refractivity contribution >= 4 is 16.7 Å². The van der Waals surface area contributed by atoms with Crippen molar-refractivity contribution in [2.75, 3.05) is 32.1 Å². The third-order valence-electron chi connectivity index (χ3n) is 5.65. The van der Waals surface area contributed by atoms with Crippen molar-refractivity contribution < 1.29 is 5.11 Å². The van der Waals surface area contributed by atoms with Crippen LogP contribution in [0.2, 0.25) is 0 Å². The van der Waals surface area contributed by atoms with Crippen LogP contribution in [0.4, 0.5) is 5.82 Å². The van der Waals surface area contributed by atoms with Gasteiger partial charge in [-0.1, -0.05) is 0 Å². The summed E-state index contributed by atoms with van der Waals surface area (Å²) >= 11 is 0. The van der Waals surface area contributed by atoms with Gasteiger partial charge in [-0.25, -0.2) is 0 Å². The van der Waals surface area contributed by atoms with Crippen molar-refractivity contribution in [3.63, 3.8) is 0 Å². The summed E-state index contributed by atoms with van der Waals surface area (Å²) in [4.78, 5) is 4.58. The Labute approximate surface area is 164 Å². The molecule has 0 spiro atoms. The number of aromatic nitrogens is 3. The number of hydrogen-bond acceptors (Lipinski definition) is 6. The van der Waals surface area contributed by atoms with E-state index in [0.29, 0.717) is 22.9 Å². The highest BCUT2D eigenvalue weighted by molar-refractivity contribution is 5.99. The molecule has 0 unspecified atom stereocenters. The number of phenols is 1. The van der Waals surface area contributed by atoms with Crippen LogP contribution in [-0.2, 0) is 7.05 Å². The van der Waals surface area contributed by atoms with Gasteiger partial charge >= 0.3 is 0 Å². The molecule has 144 valence electrons. The maximum Gasteiger partial charge on any atom is 0.175 e. The maximum atomic E-state index is 10.4. The second-order valence-corrected chi connectivity index (χ2v) is 7.57. The summed E-state index contributed by atoms with van der Waals surface area (Å²) in [6, 6.07) is 9.30. The van der Waals surface area contributed by atoms with Gasteiger partial charge in [-0.3, -0.25) is 0 Å². The quantitative estimate of drug-likeness (QED) is 0.757. The number of rotatable bonds is 3. The standard InChI is InChI=1S/C21H24N6O/c1-25-9-4-5-15(13-25)27(3)21-20-17(8-10-26(20)2)19(23-24-21)16-7-6-14(12-22)11-18(16)28/h6-8,10-11,15,28H,4-5,9,13H2,1-3H3/t15-/m1/s1. The van der Waals surface area contributed by atoms with Gasteiger partial charge in [0.25, 0.3) is 0 Å². The zero-order valence-electron chi connectivity index (χ0n) is 16.4. The molecule has 1 N–H and O–H groups in total. The van der Waals surface area contributed by atoms with Gasteiger partial charge in [0.2, 0.25) is 0 Å². The Kier molecular flexibility index (Phi) is 4.65. The molecular weight excluding hydrogens is 352 g/mol. The topological polar surface area (TPSA) is 81.2 Å². The Bertz CT molecular complexity index is 1070. The summed E-state index contributed by atoms with van der Waals surface area (Å²) in [5.41, 5.74) is 2.60. The Hall–Kier alpha value is -3.11. The van der Waals surface area contributed by atoms with Gasteiger partial charge < -0.3 is 19.5 Å². The SMILES string of the molecule is CN1CCC[C@@H](N(C)c2nnc(-c3ccc(C#N)cc3O)c3ccn(C)c23)C1. The Morgan fingerprint density at radius 3 is 2.79 bits per heavy atom. The van der Waals surface area contributed by atoms with Gasteiger partial charge in [-0.05, 0) is 50.7 Å². The number of aryl methyl sites for hydroxylation is 1. The van der Waals surface area contributed by atoms with E-state index in [9.17, 15) is 5.11 Å². The number of hydrogen-bond donors (Lipinski definition) is 1. The van der Waals surface area contributed by atoms with Gasteiger partial charge in [0.15, 0.2) is 5.82 Å². The van der Waals surface area contributed by atoms with Gasteiger partial charge in [0, 0.05) is 43.8 Å². The minimum Gasteiger partial charge on any atom is -0.507 e. The van der Waals surface area contributed by atoms with Crippen LogP contribution in [0.5, 0.6) is 5.75 Å². The highest BCUT2D eigenvalue weighted by atomic mass is 16.3. The molecule has 0 saturated carbocycles. The number of likely N-dealkylation sites (tertiary alicyclic amines) is 1. The van der Waals surface area contributed by atoms with E-state index in [1.54, 1.807) is 12.1 Å². The molecule has 1 fully saturated rings. The molecule has 0 amide bonds. The summed E-state index contributed by atoms with van der Waals surface area (Å²) < 4.78 is 2.05. The highest BCUT2D eigenvalue weighted by Gasteiger charge is 2.25. The molecule has 7 nitrogen and oxygen atoms in total. The van der Waals surface area contributed by atoms with Crippen LogP contribution in [0, 0.1) is 11.3 Å². The van der Waals surface area contributed by atoms with Crippen LogP contribution in [0.3, 0.4) is 0 Å². The third kappa shape index (κ3) is 3.06. The lowest BCUT2D eigenvalue weighted by atomic mass is 10.0. The van der Waals surface area contributed by atoms with Crippen LogP contribution >= 0.6 is 0 Å². The predicted octanol–water partition coefficient (Wildman–Crippen LogP) is 2.74. The average molecular weight is 376 g/mol. The second kappa shape index (κ2) is 7.13. The first-order valence-electron chi connectivity index (χ1n) is 9.46. The second-order valence-electron chi connectivity index (χ2n) is 7.57. The molecule has 0 radical (unpaired) electrons. The first kappa shape index (κ1) is 18.3. The maximum absolute atomic E-state index is 10.4. The van der Waals surface area contributed by atoms with Crippen molar-refractivity contribution in [1.29, 1.82) is 5.26 Å². The van der Waals surface area contributed by atoms with Crippen molar-refractivity contribution in [3.8, 4) is 23.1 Å². The van der Waals surface area contributed by atoms with E-state index in [0.717, 1.165) is 36.2 Å². The molecule has 1 aromatic carbocycles. The lowest BCUT2D eigenvalue weighted by Gasteiger charge is -2.36. The van der Waals surface area contributed by atoms with E-state index in [4.69, 9.17) is 5.26 Å². The Balaban J connectivity index is 1.81. The fourth-order valence-corrected chi connectivity index (χ4v) is 4.06. The fraction of sp³-hybridized carbons (Fsp3) is 0.381. The molecule has 3 aromatic rings. The van der Waals surface area contributed by atoms with Crippen molar-refractivity contribution in [2.45, 2.75) is 18.9 Å². The Morgan fingerprint density at radius 1 is 1.25 bits per heavy atom. The van der Waals surface area contributed by atoms with Crippen LogP contribution in [-0.4, -0.2) is 58.0 Å². The summed E-state index contributed by atoms with van der Waals surface area (Å²) in [5.74, 6) is 0.883. The monoisotopic (exact) mass is 376 g/mol. The molecule has 28 heavy (non-hydrogen) atoms. The number of phenolic OH excluding ortho intramolecular Hbond substituents is 1. The molecule has 1 aliphatic rings. The fourth-order valence-electron chi connectivity index (χ4n) is 4.06. The van der Waals surface area contributed by atoms with Gasteiger partial charge in [-0.2, -0.15) is 5.26 Å². The van der Waals surface area contributed by atoms with Crippen molar-refractivity contribution in [1.82, 2.24) is 19.7 Å². The molecular formula is C21H24N6O. The van der Waals surface area contributed by atoms with E-state index in [-0.39, 0.29) is 5.75 Å². The van der Waals surface area contributed by atoms with Gasteiger partial charge in [0.1, 0.15) is 11.4 Å². The van der Waals surface area contributed by atoms with Crippen LogP contribution in [0.25, 0.3) is 22.2 Å². The van der Waals surface area contributed by atoms with Gasteiger partial charge in [-0.15, -0.1) is 10.2 Å². The van der Waals surface area contributed by atoms with Crippen molar-refractivity contribution in [3.05, 3.63) is 36.0 Å². The molecule has 1 aliphatic heterocycles. The van der Waals surface area contributed by atoms with Crippen LogP contribution in [0.1, 0.15) is 18.4 Å². The average Bonchev–Trinajstić information content (AvgIpc) is 3.09. The summed E-state index contributed by atoms with van der Waals surface area (Å²) in [6.45, 7) is 2.13. The lowest BCUT2D eigenvalue weighted by molar-refractivity contribution is 0.247. The number of piperidine rings is 1. The van der Waals surface area contributed by atoms with E-state index >= 15 is 0 Å². The molecule has 7 heteroatoms. The molecule has 0 bridgehead atoms. The van der Waals surface area contributed by atoms with Crippen molar-refractivity contribution in [2.24, 2.45) is 7.05 Å². The Morgan fingerprint density at radius 2 is 2.07 bits per heavy atom. The molecule has 3 heterocycles. The minimum atomic E-state index is 0.0357. The number of aromatic hydroxyl groups is 1. The number of anilines is 1. The zero-order valence-corrected chi connectivity index (χ0v) is 16.4. The minimum absolute atomic E-state index is 0.0357. The molecule has 2 aromatic heterocycles. The van der Waals surface area contributed by atoms with E-state index in [1.807, 2.05) is 29.9 Å². The largest absolute Gasteiger partial charge is 0.507 e. The summed E-state index contributed by atoms with van der Waals surface area (Å²) in [7, 11) is 6.23. The number of likely N-dealkylation sites (N-methyl/N-ethyl adjacent to an activating group) is 2. The smallest absolute Gasteiger partial charge is 0.175 e. The number of benzene rings is 1. The molecule has 0 aliphatic carbocycles. The summed E-state index contributed by atoms with van der Waals surface area (Å²) in [5, 5.41) is 29.4. The summed E-state index contributed by atoms with van der Waals surface area (Å²) in [6.07, 6.45) is 4.29. The third-order valence-corrected chi connectivity index (χ3v) is 5.65. The first-order chi connectivity index (χ1) is 13.5. The normalized spacial score (nSPS) is 17.6. The molecule has 1 atom stereocenters. The van der Waals surface area contributed by atoms with E-state index in [1.165, 1.54) is 12.5 Å². The number of nitrogens with zero attached hydrogens (tertiary/aromatic N) is 6. The van der Waals surface area contributed by atoms with Gasteiger partial charge in [0.05, 0.1) is 17.1 Å². The number of fused-ring (bicyclic) bond motifs is 1. The van der Waals surface area contributed by atoms with Crippen LogP contribution in [0.15, 0.2) is 30.5 Å². The molecule has 1 saturated heterocycles. The zero-order chi connectivity index (χ0) is 19.8. The first-order valence-corrected chi connectivity index (χ1v) is 9.46. The van der Waals surface area contributed by atoms with E-state index < -0.39 is 0 Å². The number of nitriles is 1.